The zero-order valence-corrected chi connectivity index (χ0v) is 12.8. The summed E-state index contributed by atoms with van der Waals surface area (Å²) in [4.78, 5) is 12.4. The van der Waals surface area contributed by atoms with Gasteiger partial charge in [0.15, 0.2) is 0 Å². The van der Waals surface area contributed by atoms with Crippen LogP contribution in [0.4, 0.5) is 0 Å². The molecule has 0 aliphatic rings. The van der Waals surface area contributed by atoms with Crippen molar-refractivity contribution in [1.82, 2.24) is 0 Å². The van der Waals surface area contributed by atoms with E-state index in [0.717, 1.165) is 17.5 Å². The standard InChI is InChI=1S/C19H23NO/c1-15(2)13-19(18(20)21,17-11-7-4-8-12-17)14-16-9-5-3-6-10-16/h3-12,15H,13-14H2,1-2H3,(H2,20,21). The molecule has 0 bridgehead atoms. The first-order chi connectivity index (χ1) is 10.0. The maximum absolute atomic E-state index is 12.4. The third-order valence-electron chi connectivity index (χ3n) is 3.90. The van der Waals surface area contributed by atoms with Crippen molar-refractivity contribution in [3.63, 3.8) is 0 Å². The van der Waals surface area contributed by atoms with Gasteiger partial charge in [0.25, 0.3) is 0 Å². The van der Waals surface area contributed by atoms with Gasteiger partial charge in [-0.15, -0.1) is 0 Å². The van der Waals surface area contributed by atoms with Crippen molar-refractivity contribution in [2.75, 3.05) is 0 Å². The number of nitrogens with two attached hydrogens (primary N) is 1. The van der Waals surface area contributed by atoms with Crippen LogP contribution >= 0.6 is 0 Å². The average molecular weight is 281 g/mol. The van der Waals surface area contributed by atoms with E-state index < -0.39 is 5.41 Å². The molecule has 0 aliphatic heterocycles. The summed E-state index contributed by atoms with van der Waals surface area (Å²) in [6.45, 7) is 4.26. The van der Waals surface area contributed by atoms with Gasteiger partial charge in [-0.2, -0.15) is 0 Å². The molecule has 1 amide bonds. The molecular weight excluding hydrogens is 258 g/mol. The van der Waals surface area contributed by atoms with E-state index in [4.69, 9.17) is 5.73 Å². The molecule has 21 heavy (non-hydrogen) atoms. The zero-order chi connectivity index (χ0) is 15.3. The number of carbonyl (C=O) groups is 1. The minimum atomic E-state index is -0.642. The molecule has 0 fully saturated rings. The molecule has 0 saturated heterocycles. The number of hydrogen-bond donors (Lipinski definition) is 1. The second-order valence-corrected chi connectivity index (χ2v) is 6.07. The first-order valence-electron chi connectivity index (χ1n) is 7.44. The second-order valence-electron chi connectivity index (χ2n) is 6.07. The molecule has 0 aliphatic carbocycles. The van der Waals surface area contributed by atoms with Gasteiger partial charge in [0.05, 0.1) is 5.41 Å². The number of carbonyl (C=O) groups excluding carboxylic acids is 1. The molecule has 0 spiro atoms. The van der Waals surface area contributed by atoms with Crippen LogP contribution in [0.2, 0.25) is 0 Å². The van der Waals surface area contributed by atoms with Crippen molar-refractivity contribution in [3.8, 4) is 0 Å². The van der Waals surface area contributed by atoms with Gasteiger partial charge < -0.3 is 5.73 Å². The van der Waals surface area contributed by atoms with Crippen LogP contribution in [-0.2, 0) is 16.6 Å². The Labute approximate surface area is 127 Å². The van der Waals surface area contributed by atoms with Gasteiger partial charge in [-0.1, -0.05) is 74.5 Å². The van der Waals surface area contributed by atoms with Crippen molar-refractivity contribution in [1.29, 1.82) is 0 Å². The summed E-state index contributed by atoms with van der Waals surface area (Å²) in [5.74, 6) is 0.146. The Bertz CT molecular complexity index is 577. The van der Waals surface area contributed by atoms with E-state index in [1.165, 1.54) is 0 Å². The lowest BCUT2D eigenvalue weighted by atomic mass is 9.70. The second kappa shape index (κ2) is 6.57. The van der Waals surface area contributed by atoms with Gasteiger partial charge in [0.1, 0.15) is 0 Å². The third-order valence-corrected chi connectivity index (χ3v) is 3.90. The normalized spacial score (nSPS) is 13.9. The first kappa shape index (κ1) is 15.3. The number of primary amides is 1. The van der Waals surface area contributed by atoms with E-state index in [1.54, 1.807) is 0 Å². The highest BCUT2D eigenvalue weighted by Crippen LogP contribution is 2.35. The summed E-state index contributed by atoms with van der Waals surface area (Å²) >= 11 is 0. The predicted molar refractivity (Wildman–Crippen MR) is 86.9 cm³/mol. The Kier molecular flexibility index (Phi) is 4.79. The van der Waals surface area contributed by atoms with Gasteiger partial charge in [-0.25, -0.2) is 0 Å². The van der Waals surface area contributed by atoms with E-state index in [9.17, 15) is 4.79 Å². The minimum absolute atomic E-state index is 0.244. The highest BCUT2D eigenvalue weighted by Gasteiger charge is 2.39. The van der Waals surface area contributed by atoms with Gasteiger partial charge >= 0.3 is 0 Å². The minimum Gasteiger partial charge on any atom is -0.369 e. The third kappa shape index (κ3) is 3.52. The highest BCUT2D eigenvalue weighted by molar-refractivity contribution is 5.87. The van der Waals surface area contributed by atoms with Gasteiger partial charge in [-0.05, 0) is 29.9 Å². The van der Waals surface area contributed by atoms with E-state index in [0.29, 0.717) is 12.3 Å². The quantitative estimate of drug-likeness (QED) is 0.862. The summed E-state index contributed by atoms with van der Waals surface area (Å²) in [7, 11) is 0. The van der Waals surface area contributed by atoms with Crippen molar-refractivity contribution in [2.45, 2.75) is 32.1 Å². The Morgan fingerprint density at radius 3 is 2.00 bits per heavy atom. The summed E-state index contributed by atoms with van der Waals surface area (Å²) in [6, 6.07) is 20.0. The lowest BCUT2D eigenvalue weighted by molar-refractivity contribution is -0.124. The molecule has 0 radical (unpaired) electrons. The van der Waals surface area contributed by atoms with E-state index in [-0.39, 0.29) is 5.91 Å². The number of hydrogen-bond acceptors (Lipinski definition) is 1. The molecule has 110 valence electrons. The van der Waals surface area contributed by atoms with Gasteiger partial charge in [-0.3, -0.25) is 4.79 Å². The fourth-order valence-corrected chi connectivity index (χ4v) is 3.02. The van der Waals surface area contributed by atoms with Crippen molar-refractivity contribution < 1.29 is 4.79 Å². The molecule has 1 atom stereocenters. The lowest BCUT2D eigenvalue weighted by Crippen LogP contribution is -2.44. The molecule has 2 aromatic carbocycles. The van der Waals surface area contributed by atoms with Crippen LogP contribution in [0.3, 0.4) is 0 Å². The number of benzene rings is 2. The maximum Gasteiger partial charge on any atom is 0.228 e. The van der Waals surface area contributed by atoms with Crippen LogP contribution < -0.4 is 5.73 Å². The monoisotopic (exact) mass is 281 g/mol. The Balaban J connectivity index is 2.48. The van der Waals surface area contributed by atoms with Gasteiger partial charge in [0.2, 0.25) is 5.91 Å². The van der Waals surface area contributed by atoms with Crippen LogP contribution in [0.1, 0.15) is 31.4 Å². The fourth-order valence-electron chi connectivity index (χ4n) is 3.02. The largest absolute Gasteiger partial charge is 0.369 e. The molecule has 0 saturated carbocycles. The summed E-state index contributed by atoms with van der Waals surface area (Å²) < 4.78 is 0. The Morgan fingerprint density at radius 1 is 1.00 bits per heavy atom. The van der Waals surface area contributed by atoms with Crippen LogP contribution in [0.5, 0.6) is 0 Å². The summed E-state index contributed by atoms with van der Waals surface area (Å²) in [5, 5.41) is 0. The topological polar surface area (TPSA) is 43.1 Å². The van der Waals surface area contributed by atoms with Crippen molar-refractivity contribution >= 4 is 5.91 Å². The molecule has 2 rings (SSSR count). The summed E-state index contributed by atoms with van der Waals surface area (Å²) in [5.41, 5.74) is 7.37. The Hall–Kier alpha value is -2.09. The van der Waals surface area contributed by atoms with Crippen LogP contribution in [0.25, 0.3) is 0 Å². The molecule has 1 unspecified atom stereocenters. The smallest absolute Gasteiger partial charge is 0.228 e. The number of amides is 1. The van der Waals surface area contributed by atoms with Crippen molar-refractivity contribution in [3.05, 3.63) is 71.8 Å². The molecule has 2 nitrogen and oxygen atoms in total. The SMILES string of the molecule is CC(C)CC(Cc1ccccc1)(C(N)=O)c1ccccc1. The summed E-state index contributed by atoms with van der Waals surface area (Å²) in [6.07, 6.45) is 1.40. The highest BCUT2D eigenvalue weighted by atomic mass is 16.1. The van der Waals surface area contributed by atoms with E-state index in [1.807, 2.05) is 48.5 Å². The zero-order valence-electron chi connectivity index (χ0n) is 12.8. The molecule has 0 aromatic heterocycles. The molecule has 2 heteroatoms. The average Bonchev–Trinajstić information content (AvgIpc) is 2.48. The molecule has 0 heterocycles. The van der Waals surface area contributed by atoms with E-state index >= 15 is 0 Å². The lowest BCUT2D eigenvalue weighted by Gasteiger charge is -2.33. The molecular formula is C19H23NO. The molecule has 2 N–H and O–H groups in total. The fraction of sp³-hybridized carbons (Fsp3) is 0.316. The van der Waals surface area contributed by atoms with Crippen LogP contribution in [-0.4, -0.2) is 5.91 Å². The predicted octanol–water partition coefficient (Wildman–Crippen LogP) is 3.70. The Morgan fingerprint density at radius 2 is 1.52 bits per heavy atom. The first-order valence-corrected chi connectivity index (χ1v) is 7.44. The number of rotatable bonds is 6. The van der Waals surface area contributed by atoms with Crippen molar-refractivity contribution in [2.24, 2.45) is 11.7 Å². The van der Waals surface area contributed by atoms with Crippen LogP contribution in [0.15, 0.2) is 60.7 Å². The van der Waals surface area contributed by atoms with Crippen LogP contribution in [0, 0.1) is 5.92 Å². The maximum atomic E-state index is 12.4. The van der Waals surface area contributed by atoms with E-state index in [2.05, 4.69) is 26.0 Å². The van der Waals surface area contributed by atoms with Gasteiger partial charge in [0, 0.05) is 0 Å². The molecule has 2 aromatic rings.